The molecular weight excluding hydrogens is 334 g/mol. The second-order valence-corrected chi connectivity index (χ2v) is 4.96. The lowest BCUT2D eigenvalue weighted by molar-refractivity contribution is 0.0694. The summed E-state index contributed by atoms with van der Waals surface area (Å²) in [7, 11) is 0. The van der Waals surface area contributed by atoms with Crippen LogP contribution in [0.3, 0.4) is 0 Å². The van der Waals surface area contributed by atoms with E-state index in [0.717, 1.165) is 10.2 Å². The van der Waals surface area contributed by atoms with Crippen LogP contribution in [-0.4, -0.2) is 21.0 Å². The lowest BCUT2D eigenvalue weighted by Gasteiger charge is -2.09. The molecule has 1 aromatic heterocycles. The van der Waals surface area contributed by atoms with Crippen molar-refractivity contribution in [3.8, 4) is 0 Å². The van der Waals surface area contributed by atoms with Crippen LogP contribution in [-0.2, 0) is 6.54 Å². The van der Waals surface area contributed by atoms with Crippen LogP contribution in [0.15, 0.2) is 35.2 Å². The summed E-state index contributed by atoms with van der Waals surface area (Å²) in [6, 6.07) is 5.29. The van der Waals surface area contributed by atoms with E-state index in [1.807, 2.05) is 0 Å². The molecule has 98 valence electrons. The van der Waals surface area contributed by atoms with Gasteiger partial charge in [0.25, 0.3) is 0 Å². The van der Waals surface area contributed by atoms with E-state index in [-0.39, 0.29) is 12.1 Å². The first-order valence-corrected chi connectivity index (χ1v) is 6.46. The molecule has 0 aliphatic heterocycles. The highest BCUT2D eigenvalue weighted by Crippen LogP contribution is 2.26. The lowest BCUT2D eigenvalue weighted by atomic mass is 10.2. The predicted molar refractivity (Wildman–Crippen MR) is 75.5 cm³/mol. The Bertz CT molecular complexity index is 622. The second-order valence-electron chi connectivity index (χ2n) is 3.67. The molecular formula is C12H9BrClN3O2. The van der Waals surface area contributed by atoms with Gasteiger partial charge in [0.1, 0.15) is 11.9 Å². The monoisotopic (exact) mass is 341 g/mol. The highest BCUT2D eigenvalue weighted by molar-refractivity contribution is 9.10. The average molecular weight is 343 g/mol. The van der Waals surface area contributed by atoms with Gasteiger partial charge in [-0.25, -0.2) is 14.8 Å². The molecule has 0 amide bonds. The molecule has 0 saturated carbocycles. The van der Waals surface area contributed by atoms with E-state index in [9.17, 15) is 4.79 Å². The SMILES string of the molecule is O=C(O)c1cncnc1CNc1ccc(Cl)cc1Br. The Balaban J connectivity index is 2.17. The van der Waals surface area contributed by atoms with Gasteiger partial charge in [-0.3, -0.25) is 0 Å². The molecule has 0 aliphatic rings. The largest absolute Gasteiger partial charge is 0.478 e. The van der Waals surface area contributed by atoms with Crippen molar-refractivity contribution in [2.45, 2.75) is 6.54 Å². The number of nitrogens with one attached hydrogen (secondary N) is 1. The number of aromatic nitrogens is 2. The Kier molecular flexibility index (Phi) is 4.34. The maximum Gasteiger partial charge on any atom is 0.339 e. The van der Waals surface area contributed by atoms with Crippen LogP contribution in [0.2, 0.25) is 5.02 Å². The Labute approximate surface area is 122 Å². The molecule has 19 heavy (non-hydrogen) atoms. The van der Waals surface area contributed by atoms with E-state index in [2.05, 4.69) is 31.2 Å². The Morgan fingerprint density at radius 3 is 2.95 bits per heavy atom. The Hall–Kier alpha value is -1.66. The number of halogens is 2. The van der Waals surface area contributed by atoms with Crippen molar-refractivity contribution in [2.75, 3.05) is 5.32 Å². The third-order valence-electron chi connectivity index (χ3n) is 2.40. The molecule has 2 N–H and O–H groups in total. The van der Waals surface area contributed by atoms with Crippen molar-refractivity contribution in [3.05, 3.63) is 51.5 Å². The van der Waals surface area contributed by atoms with Gasteiger partial charge in [-0.2, -0.15) is 0 Å². The maximum absolute atomic E-state index is 11.0. The van der Waals surface area contributed by atoms with Crippen LogP contribution in [0, 0.1) is 0 Å². The number of rotatable bonds is 4. The standard InChI is InChI=1S/C12H9BrClN3O2/c13-9-3-7(14)1-2-10(9)16-5-11-8(12(18)19)4-15-6-17-11/h1-4,6,16H,5H2,(H,18,19). The fraction of sp³-hybridized carbons (Fsp3) is 0.0833. The van der Waals surface area contributed by atoms with Crippen LogP contribution in [0.1, 0.15) is 16.1 Å². The molecule has 0 atom stereocenters. The van der Waals surface area contributed by atoms with Gasteiger partial charge in [0, 0.05) is 21.4 Å². The molecule has 0 aliphatic carbocycles. The van der Waals surface area contributed by atoms with Crippen LogP contribution in [0.25, 0.3) is 0 Å². The summed E-state index contributed by atoms with van der Waals surface area (Å²) < 4.78 is 0.797. The zero-order valence-electron chi connectivity index (χ0n) is 9.60. The molecule has 0 unspecified atom stereocenters. The van der Waals surface area contributed by atoms with Gasteiger partial charge in [-0.05, 0) is 34.1 Å². The number of carboxylic acid groups (broad SMARTS) is 1. The molecule has 7 heteroatoms. The molecule has 1 aromatic carbocycles. The molecule has 0 spiro atoms. The quantitative estimate of drug-likeness (QED) is 0.892. The minimum atomic E-state index is -1.05. The predicted octanol–water partition coefficient (Wildman–Crippen LogP) is 3.20. The highest BCUT2D eigenvalue weighted by Gasteiger charge is 2.11. The fourth-order valence-corrected chi connectivity index (χ4v) is 2.31. The Morgan fingerprint density at radius 2 is 2.26 bits per heavy atom. The van der Waals surface area contributed by atoms with Crippen molar-refractivity contribution in [1.29, 1.82) is 0 Å². The molecule has 2 aromatic rings. The van der Waals surface area contributed by atoms with Crippen molar-refractivity contribution in [1.82, 2.24) is 9.97 Å². The smallest absolute Gasteiger partial charge is 0.339 e. The molecule has 0 radical (unpaired) electrons. The topological polar surface area (TPSA) is 75.1 Å². The number of nitrogens with zero attached hydrogens (tertiary/aromatic N) is 2. The van der Waals surface area contributed by atoms with E-state index >= 15 is 0 Å². The van der Waals surface area contributed by atoms with Crippen LogP contribution in [0.5, 0.6) is 0 Å². The van der Waals surface area contributed by atoms with Crippen molar-refractivity contribution in [3.63, 3.8) is 0 Å². The molecule has 0 saturated heterocycles. The second kappa shape index (κ2) is 5.99. The number of hydrogen-bond donors (Lipinski definition) is 2. The van der Waals surface area contributed by atoms with Crippen molar-refractivity contribution >= 4 is 39.2 Å². The van der Waals surface area contributed by atoms with E-state index in [1.165, 1.54) is 12.5 Å². The normalized spacial score (nSPS) is 10.2. The van der Waals surface area contributed by atoms with E-state index in [4.69, 9.17) is 16.7 Å². The minimum absolute atomic E-state index is 0.0834. The van der Waals surface area contributed by atoms with Gasteiger partial charge in [-0.1, -0.05) is 11.6 Å². The summed E-state index contributed by atoms with van der Waals surface area (Å²) in [5.74, 6) is -1.05. The third kappa shape index (κ3) is 3.42. The molecule has 2 rings (SSSR count). The summed E-state index contributed by atoms with van der Waals surface area (Å²) in [6.45, 7) is 0.282. The fourth-order valence-electron chi connectivity index (χ4n) is 1.49. The van der Waals surface area contributed by atoms with Gasteiger partial charge in [0.2, 0.25) is 0 Å². The summed E-state index contributed by atoms with van der Waals surface area (Å²) in [5, 5.41) is 12.7. The summed E-state index contributed by atoms with van der Waals surface area (Å²) in [5.41, 5.74) is 1.31. The zero-order valence-corrected chi connectivity index (χ0v) is 11.9. The molecule has 1 heterocycles. The van der Waals surface area contributed by atoms with Crippen LogP contribution < -0.4 is 5.32 Å². The number of benzene rings is 1. The average Bonchev–Trinajstić information content (AvgIpc) is 2.38. The number of anilines is 1. The van der Waals surface area contributed by atoms with E-state index in [0.29, 0.717) is 10.7 Å². The summed E-state index contributed by atoms with van der Waals surface area (Å²) in [4.78, 5) is 18.7. The molecule has 5 nitrogen and oxygen atoms in total. The number of aromatic carboxylic acids is 1. The van der Waals surface area contributed by atoms with Gasteiger partial charge >= 0.3 is 5.97 Å². The van der Waals surface area contributed by atoms with Crippen LogP contribution in [0.4, 0.5) is 5.69 Å². The first-order valence-electron chi connectivity index (χ1n) is 5.29. The minimum Gasteiger partial charge on any atom is -0.478 e. The zero-order chi connectivity index (χ0) is 13.8. The summed E-state index contributed by atoms with van der Waals surface area (Å²) in [6.07, 6.45) is 2.60. The first-order chi connectivity index (χ1) is 9.08. The molecule has 0 bridgehead atoms. The van der Waals surface area contributed by atoms with Gasteiger partial charge in [-0.15, -0.1) is 0 Å². The van der Waals surface area contributed by atoms with E-state index in [1.54, 1.807) is 18.2 Å². The van der Waals surface area contributed by atoms with Gasteiger partial charge in [0.15, 0.2) is 0 Å². The lowest BCUT2D eigenvalue weighted by Crippen LogP contribution is -2.10. The molecule has 0 fully saturated rings. The van der Waals surface area contributed by atoms with E-state index < -0.39 is 5.97 Å². The number of hydrogen-bond acceptors (Lipinski definition) is 4. The Morgan fingerprint density at radius 1 is 1.47 bits per heavy atom. The van der Waals surface area contributed by atoms with Crippen molar-refractivity contribution < 1.29 is 9.90 Å². The highest BCUT2D eigenvalue weighted by atomic mass is 79.9. The third-order valence-corrected chi connectivity index (χ3v) is 3.29. The maximum atomic E-state index is 11.0. The number of carboxylic acids is 1. The van der Waals surface area contributed by atoms with Crippen LogP contribution >= 0.6 is 27.5 Å². The van der Waals surface area contributed by atoms with Crippen molar-refractivity contribution in [2.24, 2.45) is 0 Å². The van der Waals surface area contributed by atoms with Gasteiger partial charge < -0.3 is 10.4 Å². The number of carbonyl (C=O) groups is 1. The first kappa shape index (κ1) is 13.8. The summed E-state index contributed by atoms with van der Waals surface area (Å²) >= 11 is 9.22. The van der Waals surface area contributed by atoms with Gasteiger partial charge in [0.05, 0.1) is 12.2 Å².